The molecule has 0 spiro atoms. The van der Waals surface area contributed by atoms with Crippen molar-refractivity contribution in [2.24, 2.45) is 5.92 Å². The van der Waals surface area contributed by atoms with E-state index in [2.05, 4.69) is 5.32 Å². The van der Waals surface area contributed by atoms with Crippen LogP contribution in [0.25, 0.3) is 0 Å². The molecule has 1 atom stereocenters. The smallest absolute Gasteiger partial charge is 0.128 e. The first kappa shape index (κ1) is 15.4. The van der Waals surface area contributed by atoms with Crippen LogP contribution in [0.5, 0.6) is 0 Å². The third-order valence-corrected chi connectivity index (χ3v) is 4.33. The van der Waals surface area contributed by atoms with E-state index in [1.54, 1.807) is 0 Å². The van der Waals surface area contributed by atoms with Crippen LogP contribution in [-0.4, -0.2) is 6.54 Å². The number of benzene rings is 1. The second-order valence-corrected chi connectivity index (χ2v) is 5.87. The fourth-order valence-corrected chi connectivity index (χ4v) is 3.28. The molecule has 2 rings (SSSR count). The maximum Gasteiger partial charge on any atom is 0.128 e. The highest BCUT2D eigenvalue weighted by Gasteiger charge is 2.21. The van der Waals surface area contributed by atoms with Gasteiger partial charge in [0.05, 0.1) is 0 Å². The van der Waals surface area contributed by atoms with E-state index in [0.29, 0.717) is 11.5 Å². The van der Waals surface area contributed by atoms with Gasteiger partial charge in [0, 0.05) is 11.6 Å². The maximum absolute atomic E-state index is 14.0. The molecule has 0 bridgehead atoms. The predicted molar refractivity (Wildman–Crippen MR) is 78.6 cm³/mol. The van der Waals surface area contributed by atoms with Gasteiger partial charge in [-0.1, -0.05) is 45.4 Å². The zero-order chi connectivity index (χ0) is 14.4. The van der Waals surface area contributed by atoms with Crippen LogP contribution in [0.15, 0.2) is 18.2 Å². The lowest BCUT2D eigenvalue weighted by molar-refractivity contribution is 0.352. The van der Waals surface area contributed by atoms with Crippen molar-refractivity contribution >= 4 is 0 Å². The van der Waals surface area contributed by atoms with Crippen LogP contribution in [0, 0.1) is 17.6 Å². The summed E-state index contributed by atoms with van der Waals surface area (Å²) < 4.78 is 27.4. The third-order valence-electron chi connectivity index (χ3n) is 4.33. The molecule has 1 N–H and O–H groups in total. The van der Waals surface area contributed by atoms with Crippen molar-refractivity contribution in [2.75, 3.05) is 6.54 Å². The molecule has 1 aliphatic rings. The van der Waals surface area contributed by atoms with Gasteiger partial charge in [0.25, 0.3) is 0 Å². The molecule has 1 saturated carbocycles. The molecule has 1 aliphatic carbocycles. The van der Waals surface area contributed by atoms with E-state index in [0.717, 1.165) is 13.0 Å². The summed E-state index contributed by atoms with van der Waals surface area (Å²) in [6.45, 7) is 2.78. The van der Waals surface area contributed by atoms with Crippen LogP contribution in [-0.2, 0) is 0 Å². The van der Waals surface area contributed by atoms with Crippen molar-refractivity contribution in [3.05, 3.63) is 35.4 Å². The summed E-state index contributed by atoms with van der Waals surface area (Å²) in [4.78, 5) is 0. The van der Waals surface area contributed by atoms with Crippen LogP contribution < -0.4 is 5.32 Å². The van der Waals surface area contributed by atoms with E-state index in [9.17, 15) is 8.78 Å². The highest BCUT2D eigenvalue weighted by Crippen LogP contribution is 2.32. The minimum Gasteiger partial charge on any atom is -0.310 e. The highest BCUT2D eigenvalue weighted by molar-refractivity contribution is 5.22. The fraction of sp³-hybridized carbons (Fsp3) is 0.647. The van der Waals surface area contributed by atoms with E-state index < -0.39 is 0 Å². The number of rotatable bonds is 5. The SMILES string of the molecule is CCNC(CC1CCCCCC1)c1cc(F)ccc1F. The van der Waals surface area contributed by atoms with Crippen molar-refractivity contribution in [1.82, 2.24) is 5.32 Å². The molecule has 1 aromatic rings. The lowest BCUT2D eigenvalue weighted by atomic mass is 9.89. The Labute approximate surface area is 120 Å². The van der Waals surface area contributed by atoms with E-state index in [1.807, 2.05) is 6.92 Å². The normalized spacial score (nSPS) is 18.8. The number of hydrogen-bond acceptors (Lipinski definition) is 1. The molecule has 0 amide bonds. The van der Waals surface area contributed by atoms with Gasteiger partial charge in [-0.25, -0.2) is 8.78 Å². The van der Waals surface area contributed by atoms with Gasteiger partial charge < -0.3 is 5.32 Å². The molecule has 1 fully saturated rings. The first-order valence-electron chi connectivity index (χ1n) is 7.89. The van der Waals surface area contributed by atoms with Gasteiger partial charge in [-0.3, -0.25) is 0 Å². The average molecular weight is 281 g/mol. The Balaban J connectivity index is 2.10. The van der Waals surface area contributed by atoms with E-state index >= 15 is 0 Å². The summed E-state index contributed by atoms with van der Waals surface area (Å²) in [7, 11) is 0. The molecule has 0 heterocycles. The van der Waals surface area contributed by atoms with Crippen molar-refractivity contribution in [2.45, 2.75) is 57.9 Å². The Bertz CT molecular complexity index is 411. The molecular formula is C17H25F2N. The second-order valence-electron chi connectivity index (χ2n) is 5.87. The molecule has 0 radical (unpaired) electrons. The monoisotopic (exact) mass is 281 g/mol. The molecule has 3 heteroatoms. The molecule has 1 aromatic carbocycles. The lowest BCUT2D eigenvalue weighted by Crippen LogP contribution is -2.24. The van der Waals surface area contributed by atoms with Crippen LogP contribution in [0.4, 0.5) is 8.78 Å². The summed E-state index contributed by atoms with van der Waals surface area (Å²) in [5.41, 5.74) is 0.482. The van der Waals surface area contributed by atoms with Crippen molar-refractivity contribution in [3.63, 3.8) is 0 Å². The molecule has 1 unspecified atom stereocenters. The van der Waals surface area contributed by atoms with Crippen LogP contribution >= 0.6 is 0 Å². The fourth-order valence-electron chi connectivity index (χ4n) is 3.28. The highest BCUT2D eigenvalue weighted by atomic mass is 19.1. The largest absolute Gasteiger partial charge is 0.310 e. The first-order chi connectivity index (χ1) is 9.70. The van der Waals surface area contributed by atoms with E-state index in [1.165, 1.54) is 56.7 Å². The molecule has 20 heavy (non-hydrogen) atoms. The number of hydrogen-bond donors (Lipinski definition) is 1. The molecule has 0 saturated heterocycles. The van der Waals surface area contributed by atoms with Crippen LogP contribution in [0.2, 0.25) is 0 Å². The van der Waals surface area contributed by atoms with Crippen molar-refractivity contribution in [1.29, 1.82) is 0 Å². The van der Waals surface area contributed by atoms with E-state index in [-0.39, 0.29) is 17.7 Å². The van der Waals surface area contributed by atoms with Crippen molar-refractivity contribution in [3.8, 4) is 0 Å². The minimum atomic E-state index is -0.356. The number of nitrogens with one attached hydrogen (secondary N) is 1. The molecule has 112 valence electrons. The van der Waals surface area contributed by atoms with Gasteiger partial charge in [0.1, 0.15) is 11.6 Å². The summed E-state index contributed by atoms with van der Waals surface area (Å²) in [6, 6.07) is 3.70. The topological polar surface area (TPSA) is 12.0 Å². The molecule has 0 aromatic heterocycles. The summed E-state index contributed by atoms with van der Waals surface area (Å²) in [5, 5.41) is 3.33. The van der Waals surface area contributed by atoms with Crippen molar-refractivity contribution < 1.29 is 8.78 Å². The Kier molecular flexibility index (Phi) is 5.96. The molecule has 1 nitrogen and oxygen atoms in total. The summed E-state index contributed by atoms with van der Waals surface area (Å²) in [5.74, 6) is -0.0274. The quantitative estimate of drug-likeness (QED) is 0.751. The van der Waals surface area contributed by atoms with Gasteiger partial charge >= 0.3 is 0 Å². The maximum atomic E-state index is 14.0. The van der Waals surface area contributed by atoms with Gasteiger partial charge in [-0.05, 0) is 37.1 Å². The van der Waals surface area contributed by atoms with Gasteiger partial charge in [0.2, 0.25) is 0 Å². The third kappa shape index (κ3) is 4.27. The molecule has 0 aliphatic heterocycles. The Hall–Kier alpha value is -0.960. The first-order valence-corrected chi connectivity index (χ1v) is 7.89. The zero-order valence-electron chi connectivity index (χ0n) is 12.3. The summed E-state index contributed by atoms with van der Waals surface area (Å²) in [6.07, 6.45) is 8.53. The Morgan fingerprint density at radius 3 is 2.50 bits per heavy atom. The Morgan fingerprint density at radius 2 is 1.85 bits per heavy atom. The zero-order valence-corrected chi connectivity index (χ0v) is 12.3. The predicted octanol–water partition coefficient (Wildman–Crippen LogP) is 4.98. The standard InChI is InChI=1S/C17H25F2N/c1-2-20-17(11-13-7-5-3-4-6-8-13)15-12-14(18)9-10-16(15)19/h9-10,12-13,17,20H,2-8,11H2,1H3. The van der Waals surface area contributed by atoms with Crippen LogP contribution in [0.3, 0.4) is 0 Å². The average Bonchev–Trinajstić information content (AvgIpc) is 2.70. The van der Waals surface area contributed by atoms with E-state index in [4.69, 9.17) is 0 Å². The van der Waals surface area contributed by atoms with Gasteiger partial charge in [-0.2, -0.15) is 0 Å². The second kappa shape index (κ2) is 7.72. The minimum absolute atomic E-state index is 0.0706. The molecular weight excluding hydrogens is 256 g/mol. The number of halogens is 2. The summed E-state index contributed by atoms with van der Waals surface area (Å²) >= 11 is 0. The Morgan fingerprint density at radius 1 is 1.15 bits per heavy atom. The van der Waals surface area contributed by atoms with Gasteiger partial charge in [0.15, 0.2) is 0 Å². The lowest BCUT2D eigenvalue weighted by Gasteiger charge is -2.24. The van der Waals surface area contributed by atoms with Gasteiger partial charge in [-0.15, -0.1) is 0 Å². The van der Waals surface area contributed by atoms with Crippen LogP contribution in [0.1, 0.15) is 63.5 Å².